The van der Waals surface area contributed by atoms with E-state index in [2.05, 4.69) is 10.6 Å². The number of halogens is 1. The summed E-state index contributed by atoms with van der Waals surface area (Å²) < 4.78 is 0. The Morgan fingerprint density at radius 3 is 2.42 bits per heavy atom. The highest BCUT2D eigenvalue weighted by Gasteiger charge is 2.22. The molecule has 0 atom stereocenters. The van der Waals surface area contributed by atoms with Crippen molar-refractivity contribution < 1.29 is 9.59 Å². The predicted octanol–water partition coefficient (Wildman–Crippen LogP) is 0.782. The van der Waals surface area contributed by atoms with E-state index in [1.807, 2.05) is 18.9 Å². The van der Waals surface area contributed by atoms with Gasteiger partial charge in [0.25, 0.3) is 0 Å². The summed E-state index contributed by atoms with van der Waals surface area (Å²) in [5, 5.41) is 5.85. The van der Waals surface area contributed by atoms with Crippen LogP contribution in [-0.4, -0.2) is 49.9 Å². The Hall–Kier alpha value is -0.810. The smallest absolute Gasteiger partial charge is 0.241 e. The van der Waals surface area contributed by atoms with Crippen molar-refractivity contribution in [3.63, 3.8) is 0 Å². The van der Waals surface area contributed by atoms with Crippen molar-refractivity contribution in [1.82, 2.24) is 15.5 Å². The fraction of sp³-hybridized carbons (Fsp3) is 0.846. The van der Waals surface area contributed by atoms with Crippen LogP contribution < -0.4 is 10.6 Å². The van der Waals surface area contributed by atoms with Crippen molar-refractivity contribution >= 4 is 24.2 Å². The molecule has 5 nitrogen and oxygen atoms in total. The van der Waals surface area contributed by atoms with Crippen molar-refractivity contribution in [1.29, 1.82) is 0 Å². The van der Waals surface area contributed by atoms with Gasteiger partial charge in [-0.05, 0) is 38.8 Å². The van der Waals surface area contributed by atoms with Gasteiger partial charge in [-0.25, -0.2) is 0 Å². The number of hydrogen-bond donors (Lipinski definition) is 2. The summed E-state index contributed by atoms with van der Waals surface area (Å²) in [7, 11) is 1.96. The Morgan fingerprint density at radius 2 is 1.89 bits per heavy atom. The van der Waals surface area contributed by atoms with Gasteiger partial charge in [-0.2, -0.15) is 0 Å². The van der Waals surface area contributed by atoms with E-state index >= 15 is 0 Å². The first-order valence-electron chi connectivity index (χ1n) is 6.86. The number of likely N-dealkylation sites (tertiary alicyclic amines) is 1. The molecule has 1 heterocycles. The Kier molecular flexibility index (Phi) is 9.61. The van der Waals surface area contributed by atoms with Crippen LogP contribution in [0.3, 0.4) is 0 Å². The van der Waals surface area contributed by atoms with E-state index in [0.29, 0.717) is 12.3 Å². The van der Waals surface area contributed by atoms with Crippen LogP contribution in [0.1, 0.15) is 32.6 Å². The molecular formula is C13H26ClN3O2. The van der Waals surface area contributed by atoms with Crippen molar-refractivity contribution in [3.05, 3.63) is 0 Å². The largest absolute Gasteiger partial charge is 0.347 e. The Bertz CT molecular complexity index is 279. The first kappa shape index (κ1) is 18.2. The van der Waals surface area contributed by atoms with Gasteiger partial charge in [0, 0.05) is 19.5 Å². The molecule has 2 amide bonds. The summed E-state index contributed by atoms with van der Waals surface area (Å²) in [4.78, 5) is 25.0. The molecule has 0 bridgehead atoms. The van der Waals surface area contributed by atoms with E-state index in [1.54, 1.807) is 0 Å². The van der Waals surface area contributed by atoms with Gasteiger partial charge in [-0.1, -0.05) is 6.92 Å². The molecule has 0 aromatic heterocycles. The van der Waals surface area contributed by atoms with Crippen LogP contribution in [-0.2, 0) is 9.59 Å². The van der Waals surface area contributed by atoms with E-state index in [0.717, 1.165) is 38.9 Å². The summed E-state index contributed by atoms with van der Waals surface area (Å²) in [5.74, 6) is 0.687. The number of piperidine rings is 1. The minimum Gasteiger partial charge on any atom is -0.347 e. The second-order valence-corrected chi connectivity index (χ2v) is 4.91. The van der Waals surface area contributed by atoms with Gasteiger partial charge in [0.05, 0.1) is 6.54 Å². The topological polar surface area (TPSA) is 61.4 Å². The number of carbonyl (C=O) groups is 2. The summed E-state index contributed by atoms with van der Waals surface area (Å²) in [6.45, 7) is 4.75. The van der Waals surface area contributed by atoms with Crippen LogP contribution in [0, 0.1) is 5.92 Å². The molecule has 0 spiro atoms. The molecule has 6 heteroatoms. The lowest BCUT2D eigenvalue weighted by Gasteiger charge is -2.32. The molecule has 0 radical (unpaired) electrons. The highest BCUT2D eigenvalue weighted by molar-refractivity contribution is 5.85. The Labute approximate surface area is 121 Å². The highest BCUT2D eigenvalue weighted by Crippen LogP contribution is 2.16. The minimum absolute atomic E-state index is 0. The van der Waals surface area contributed by atoms with Crippen molar-refractivity contribution in [2.45, 2.75) is 32.6 Å². The average Bonchev–Trinajstić information content (AvgIpc) is 2.37. The monoisotopic (exact) mass is 291 g/mol. The number of carbonyl (C=O) groups excluding carboxylic acids is 2. The normalized spacial score (nSPS) is 15.8. The first-order chi connectivity index (χ1) is 8.67. The average molecular weight is 292 g/mol. The Morgan fingerprint density at radius 1 is 1.26 bits per heavy atom. The second kappa shape index (κ2) is 10.0. The zero-order chi connectivity index (χ0) is 13.4. The van der Waals surface area contributed by atoms with Gasteiger partial charge < -0.3 is 15.5 Å². The zero-order valence-corrected chi connectivity index (χ0v) is 12.7. The molecular weight excluding hydrogens is 266 g/mol. The van der Waals surface area contributed by atoms with Gasteiger partial charge in [-0.3, -0.25) is 9.59 Å². The van der Waals surface area contributed by atoms with E-state index in [-0.39, 0.29) is 30.8 Å². The molecule has 1 aliphatic rings. The fourth-order valence-corrected chi connectivity index (χ4v) is 2.28. The van der Waals surface area contributed by atoms with Gasteiger partial charge in [0.1, 0.15) is 0 Å². The molecule has 0 aromatic rings. The third-order valence-corrected chi connectivity index (χ3v) is 3.37. The highest BCUT2D eigenvalue weighted by atomic mass is 35.5. The summed E-state index contributed by atoms with van der Waals surface area (Å²) in [5.41, 5.74) is 0. The van der Waals surface area contributed by atoms with Gasteiger partial charge in [0.2, 0.25) is 11.8 Å². The van der Waals surface area contributed by atoms with Crippen LogP contribution in [0.5, 0.6) is 0 Å². The number of hydrogen-bond acceptors (Lipinski definition) is 3. The fourth-order valence-electron chi connectivity index (χ4n) is 2.28. The maximum absolute atomic E-state index is 11.9. The number of nitrogens with one attached hydrogen (secondary N) is 2. The van der Waals surface area contributed by atoms with Crippen LogP contribution in [0.4, 0.5) is 0 Å². The van der Waals surface area contributed by atoms with Gasteiger partial charge in [0.15, 0.2) is 0 Å². The maximum atomic E-state index is 11.9. The standard InChI is InChI=1S/C13H25N3O2.ClH/c1-3-4-12(17)15-10-13(18)16-7-5-11(6-8-16)9-14-2;/h11,14H,3-10H2,1-2H3,(H,15,17);1H. The third kappa shape index (κ3) is 6.78. The molecule has 1 saturated heterocycles. The molecule has 0 aromatic carbocycles. The lowest BCUT2D eigenvalue weighted by Crippen LogP contribution is -2.45. The molecule has 1 rings (SSSR count). The molecule has 1 fully saturated rings. The number of rotatable bonds is 6. The van der Waals surface area contributed by atoms with E-state index in [9.17, 15) is 9.59 Å². The summed E-state index contributed by atoms with van der Waals surface area (Å²) >= 11 is 0. The SMILES string of the molecule is CCCC(=O)NCC(=O)N1CCC(CNC)CC1.Cl. The molecule has 0 unspecified atom stereocenters. The lowest BCUT2D eigenvalue weighted by molar-refractivity contribution is -0.134. The Balaban J connectivity index is 0.00000324. The van der Waals surface area contributed by atoms with Crippen LogP contribution in [0.15, 0.2) is 0 Å². The molecule has 2 N–H and O–H groups in total. The predicted molar refractivity (Wildman–Crippen MR) is 78.4 cm³/mol. The summed E-state index contributed by atoms with van der Waals surface area (Å²) in [6, 6.07) is 0. The first-order valence-corrected chi connectivity index (χ1v) is 6.86. The van der Waals surface area contributed by atoms with E-state index in [4.69, 9.17) is 0 Å². The van der Waals surface area contributed by atoms with Crippen LogP contribution in [0.2, 0.25) is 0 Å². The van der Waals surface area contributed by atoms with E-state index < -0.39 is 0 Å². The minimum atomic E-state index is -0.0316. The molecule has 1 aliphatic heterocycles. The third-order valence-electron chi connectivity index (χ3n) is 3.37. The molecule has 19 heavy (non-hydrogen) atoms. The molecule has 0 saturated carbocycles. The lowest BCUT2D eigenvalue weighted by atomic mass is 9.97. The quantitative estimate of drug-likeness (QED) is 0.760. The van der Waals surface area contributed by atoms with Gasteiger partial charge >= 0.3 is 0 Å². The molecule has 0 aliphatic carbocycles. The zero-order valence-electron chi connectivity index (χ0n) is 11.9. The van der Waals surface area contributed by atoms with Crippen LogP contribution >= 0.6 is 12.4 Å². The second-order valence-electron chi connectivity index (χ2n) is 4.91. The molecule has 112 valence electrons. The van der Waals surface area contributed by atoms with Crippen molar-refractivity contribution in [2.24, 2.45) is 5.92 Å². The number of amides is 2. The van der Waals surface area contributed by atoms with Gasteiger partial charge in [-0.15, -0.1) is 12.4 Å². The van der Waals surface area contributed by atoms with Crippen LogP contribution in [0.25, 0.3) is 0 Å². The summed E-state index contributed by atoms with van der Waals surface area (Å²) in [6.07, 6.45) is 3.41. The van der Waals surface area contributed by atoms with E-state index in [1.165, 1.54) is 0 Å². The number of nitrogens with zero attached hydrogens (tertiary/aromatic N) is 1. The maximum Gasteiger partial charge on any atom is 0.241 e. The van der Waals surface area contributed by atoms with Crippen molar-refractivity contribution in [2.75, 3.05) is 33.2 Å². The van der Waals surface area contributed by atoms with Crippen molar-refractivity contribution in [3.8, 4) is 0 Å².